The van der Waals surface area contributed by atoms with Crippen LogP contribution in [-0.2, 0) is 6.54 Å². The molecule has 2 aromatic rings. The molecule has 0 unspecified atom stereocenters. The van der Waals surface area contributed by atoms with Gasteiger partial charge in [-0.15, -0.1) is 0 Å². The van der Waals surface area contributed by atoms with Crippen molar-refractivity contribution in [2.24, 2.45) is 0 Å². The van der Waals surface area contributed by atoms with Crippen LogP contribution < -0.4 is 4.74 Å². The van der Waals surface area contributed by atoms with Crippen molar-refractivity contribution >= 4 is 5.91 Å². The van der Waals surface area contributed by atoms with Gasteiger partial charge in [-0.25, -0.2) is 0 Å². The number of hydrogen-bond donors (Lipinski definition) is 0. The lowest BCUT2D eigenvalue weighted by Crippen LogP contribution is -2.26. The van der Waals surface area contributed by atoms with E-state index >= 15 is 0 Å². The summed E-state index contributed by atoms with van der Waals surface area (Å²) in [6.07, 6.45) is 0.842. The Morgan fingerprint density at radius 1 is 1.00 bits per heavy atom. The molecule has 3 heteroatoms. The van der Waals surface area contributed by atoms with Crippen LogP contribution in [0.3, 0.4) is 0 Å². The van der Waals surface area contributed by atoms with Gasteiger partial charge < -0.3 is 9.64 Å². The van der Waals surface area contributed by atoms with E-state index in [0.29, 0.717) is 6.61 Å². The van der Waals surface area contributed by atoms with E-state index in [0.717, 1.165) is 36.4 Å². The number of rotatable bonds is 5. The first kappa shape index (κ1) is 12.7. The molecule has 20 heavy (non-hydrogen) atoms. The lowest BCUT2D eigenvalue weighted by Gasteiger charge is -2.15. The number of carbonyl (C=O) groups is 1. The van der Waals surface area contributed by atoms with Crippen molar-refractivity contribution in [3.8, 4) is 5.75 Å². The minimum Gasteiger partial charge on any atom is -0.494 e. The number of carbonyl (C=O) groups excluding carboxylic acids is 1. The van der Waals surface area contributed by atoms with Crippen molar-refractivity contribution in [1.82, 2.24) is 4.90 Å². The Balaban J connectivity index is 1.48. The zero-order valence-electron chi connectivity index (χ0n) is 11.3. The summed E-state index contributed by atoms with van der Waals surface area (Å²) < 4.78 is 5.64. The number of amides is 1. The summed E-state index contributed by atoms with van der Waals surface area (Å²) in [6.45, 7) is 2.09. The van der Waals surface area contributed by atoms with Crippen molar-refractivity contribution < 1.29 is 9.53 Å². The quantitative estimate of drug-likeness (QED) is 0.779. The standard InChI is InChI=1S/C17H17NO2/c19-17-16-10-5-4-7-14(16)13-18(17)11-6-12-20-15-8-2-1-3-9-15/h1-5,7-10H,6,11-13H2. The number of fused-ring (bicyclic) bond motifs is 1. The fraction of sp³-hybridized carbons (Fsp3) is 0.235. The molecule has 0 saturated heterocycles. The predicted molar refractivity (Wildman–Crippen MR) is 77.7 cm³/mol. The van der Waals surface area contributed by atoms with Gasteiger partial charge in [-0.2, -0.15) is 0 Å². The fourth-order valence-corrected chi connectivity index (χ4v) is 2.46. The molecule has 3 rings (SSSR count). The summed E-state index contributed by atoms with van der Waals surface area (Å²) in [7, 11) is 0. The van der Waals surface area contributed by atoms with Gasteiger partial charge in [0, 0.05) is 18.7 Å². The predicted octanol–water partition coefficient (Wildman–Crippen LogP) is 3.11. The van der Waals surface area contributed by atoms with Crippen LogP contribution >= 0.6 is 0 Å². The second-order valence-electron chi connectivity index (χ2n) is 4.90. The number of hydrogen-bond acceptors (Lipinski definition) is 2. The Morgan fingerprint density at radius 2 is 1.75 bits per heavy atom. The van der Waals surface area contributed by atoms with Crippen LogP contribution in [0.5, 0.6) is 5.75 Å². The van der Waals surface area contributed by atoms with Crippen LogP contribution in [0.1, 0.15) is 22.3 Å². The maximum Gasteiger partial charge on any atom is 0.254 e. The largest absolute Gasteiger partial charge is 0.494 e. The lowest BCUT2D eigenvalue weighted by molar-refractivity contribution is 0.0770. The number of nitrogens with zero attached hydrogens (tertiary/aromatic N) is 1. The molecular weight excluding hydrogens is 250 g/mol. The van der Waals surface area contributed by atoms with Gasteiger partial charge in [-0.1, -0.05) is 36.4 Å². The van der Waals surface area contributed by atoms with Crippen molar-refractivity contribution in [3.63, 3.8) is 0 Å². The Labute approximate surface area is 118 Å². The molecule has 2 aromatic carbocycles. The highest BCUT2D eigenvalue weighted by Gasteiger charge is 2.25. The van der Waals surface area contributed by atoms with Crippen molar-refractivity contribution in [2.45, 2.75) is 13.0 Å². The SMILES string of the molecule is O=C1c2ccccc2CN1CCCOc1ccccc1. The van der Waals surface area contributed by atoms with E-state index in [1.165, 1.54) is 0 Å². The summed E-state index contributed by atoms with van der Waals surface area (Å²) in [5.74, 6) is 1.02. The van der Waals surface area contributed by atoms with E-state index < -0.39 is 0 Å². The van der Waals surface area contributed by atoms with E-state index in [9.17, 15) is 4.79 Å². The van der Waals surface area contributed by atoms with E-state index in [-0.39, 0.29) is 5.91 Å². The molecule has 0 saturated carbocycles. The fourth-order valence-electron chi connectivity index (χ4n) is 2.46. The van der Waals surface area contributed by atoms with Crippen LogP contribution in [0.15, 0.2) is 54.6 Å². The van der Waals surface area contributed by atoms with E-state index in [2.05, 4.69) is 0 Å². The topological polar surface area (TPSA) is 29.5 Å². The van der Waals surface area contributed by atoms with Gasteiger partial charge >= 0.3 is 0 Å². The summed E-state index contributed by atoms with van der Waals surface area (Å²) in [4.78, 5) is 14.0. The molecular formula is C17H17NO2. The molecule has 0 bridgehead atoms. The molecule has 0 aromatic heterocycles. The summed E-state index contributed by atoms with van der Waals surface area (Å²) in [6, 6.07) is 17.6. The molecule has 0 fully saturated rings. The third kappa shape index (κ3) is 2.67. The Kier molecular flexibility index (Phi) is 3.68. The molecule has 0 aliphatic carbocycles. The van der Waals surface area contributed by atoms with Gasteiger partial charge in [0.25, 0.3) is 5.91 Å². The first-order valence-electron chi connectivity index (χ1n) is 6.89. The Bertz CT molecular complexity index is 595. The van der Waals surface area contributed by atoms with Crippen LogP contribution in [0.2, 0.25) is 0 Å². The minimum atomic E-state index is 0.139. The molecule has 0 radical (unpaired) electrons. The van der Waals surface area contributed by atoms with Crippen molar-refractivity contribution in [1.29, 1.82) is 0 Å². The summed E-state index contributed by atoms with van der Waals surface area (Å²) in [5.41, 5.74) is 1.97. The second-order valence-corrected chi connectivity index (χ2v) is 4.90. The summed E-state index contributed by atoms with van der Waals surface area (Å²) in [5, 5.41) is 0. The third-order valence-electron chi connectivity index (χ3n) is 3.48. The zero-order chi connectivity index (χ0) is 13.8. The maximum absolute atomic E-state index is 12.1. The molecule has 3 nitrogen and oxygen atoms in total. The van der Waals surface area contributed by atoms with Crippen LogP contribution in [-0.4, -0.2) is 24.0 Å². The number of ether oxygens (including phenoxy) is 1. The molecule has 102 valence electrons. The average molecular weight is 267 g/mol. The van der Waals surface area contributed by atoms with Gasteiger partial charge in [-0.3, -0.25) is 4.79 Å². The first-order valence-corrected chi connectivity index (χ1v) is 6.89. The molecule has 1 heterocycles. The van der Waals surface area contributed by atoms with Crippen LogP contribution in [0, 0.1) is 0 Å². The minimum absolute atomic E-state index is 0.139. The molecule has 0 spiro atoms. The average Bonchev–Trinajstić information content (AvgIpc) is 2.82. The Hall–Kier alpha value is -2.29. The van der Waals surface area contributed by atoms with Gasteiger partial charge in [0.15, 0.2) is 0 Å². The smallest absolute Gasteiger partial charge is 0.254 e. The highest BCUT2D eigenvalue weighted by atomic mass is 16.5. The summed E-state index contributed by atoms with van der Waals surface area (Å²) >= 11 is 0. The number of benzene rings is 2. The third-order valence-corrected chi connectivity index (χ3v) is 3.48. The number of para-hydroxylation sites is 1. The van der Waals surface area contributed by atoms with Crippen molar-refractivity contribution in [2.75, 3.05) is 13.2 Å². The zero-order valence-corrected chi connectivity index (χ0v) is 11.3. The lowest BCUT2D eigenvalue weighted by atomic mass is 10.1. The van der Waals surface area contributed by atoms with E-state index in [1.54, 1.807) is 0 Å². The highest BCUT2D eigenvalue weighted by Crippen LogP contribution is 2.22. The van der Waals surface area contributed by atoms with E-state index in [1.807, 2.05) is 59.5 Å². The Morgan fingerprint density at radius 3 is 2.55 bits per heavy atom. The van der Waals surface area contributed by atoms with Gasteiger partial charge in [0.2, 0.25) is 0 Å². The first-order chi connectivity index (χ1) is 9.84. The maximum atomic E-state index is 12.1. The second kappa shape index (κ2) is 5.78. The van der Waals surface area contributed by atoms with Crippen LogP contribution in [0.25, 0.3) is 0 Å². The molecule has 1 aliphatic heterocycles. The van der Waals surface area contributed by atoms with Crippen molar-refractivity contribution in [3.05, 3.63) is 65.7 Å². The normalized spacial score (nSPS) is 13.4. The van der Waals surface area contributed by atoms with Gasteiger partial charge in [0.1, 0.15) is 5.75 Å². The van der Waals surface area contributed by atoms with Gasteiger partial charge in [0.05, 0.1) is 6.61 Å². The highest BCUT2D eigenvalue weighted by molar-refractivity contribution is 5.98. The monoisotopic (exact) mass is 267 g/mol. The van der Waals surface area contributed by atoms with Crippen LogP contribution in [0.4, 0.5) is 0 Å². The van der Waals surface area contributed by atoms with Gasteiger partial charge in [-0.05, 0) is 30.2 Å². The molecule has 1 aliphatic rings. The molecule has 0 N–H and O–H groups in total. The molecule has 1 amide bonds. The van der Waals surface area contributed by atoms with E-state index in [4.69, 9.17) is 4.74 Å². The molecule has 0 atom stereocenters.